The van der Waals surface area contributed by atoms with Crippen molar-refractivity contribution in [3.05, 3.63) is 71.8 Å². The van der Waals surface area contributed by atoms with Crippen LogP contribution in [-0.4, -0.2) is 76.5 Å². The summed E-state index contributed by atoms with van der Waals surface area (Å²) >= 11 is 0. The van der Waals surface area contributed by atoms with Crippen LogP contribution in [0.2, 0.25) is 0 Å². The number of nitrogens with zero attached hydrogens (tertiary/aromatic N) is 2. The summed E-state index contributed by atoms with van der Waals surface area (Å²) in [6.45, 7) is 5.94. The molecule has 0 radical (unpaired) electrons. The van der Waals surface area contributed by atoms with Gasteiger partial charge < -0.3 is 19.7 Å². The number of benzene rings is 2. The van der Waals surface area contributed by atoms with Crippen LogP contribution in [0, 0.1) is 0 Å². The van der Waals surface area contributed by atoms with Gasteiger partial charge in [0.15, 0.2) is 0 Å². The average Bonchev–Trinajstić information content (AvgIpc) is 3.63. The molecule has 0 aliphatic carbocycles. The van der Waals surface area contributed by atoms with Crippen LogP contribution >= 0.6 is 0 Å². The highest BCUT2D eigenvalue weighted by Crippen LogP contribution is 2.24. The van der Waals surface area contributed by atoms with Gasteiger partial charge in [0.05, 0.1) is 5.56 Å². The molecular weight excluding hydrogens is 526 g/mol. The van der Waals surface area contributed by atoms with Crippen molar-refractivity contribution < 1.29 is 33.4 Å². The number of nitrogens with one attached hydrogen (secondary N) is 1. The molecule has 10 nitrogen and oxygen atoms in total. The van der Waals surface area contributed by atoms with Crippen LogP contribution in [0.4, 0.5) is 4.79 Å². The van der Waals surface area contributed by atoms with E-state index in [9.17, 15) is 24.0 Å². The minimum atomic E-state index is -0.996. The van der Waals surface area contributed by atoms with Gasteiger partial charge in [-0.05, 0) is 64.2 Å². The summed E-state index contributed by atoms with van der Waals surface area (Å²) < 4.78 is 10.6. The largest absolute Gasteiger partial charge is 0.444 e. The van der Waals surface area contributed by atoms with Crippen molar-refractivity contribution in [1.29, 1.82) is 0 Å². The second-order valence-corrected chi connectivity index (χ2v) is 11.3. The van der Waals surface area contributed by atoms with E-state index in [0.717, 1.165) is 5.56 Å². The molecule has 3 atom stereocenters. The first-order valence-corrected chi connectivity index (χ1v) is 14.0. The molecule has 1 N–H and O–H groups in total. The quantitative estimate of drug-likeness (QED) is 0.404. The fraction of sp³-hybridized carbons (Fsp3) is 0.452. The van der Waals surface area contributed by atoms with E-state index in [0.29, 0.717) is 32.2 Å². The molecule has 41 heavy (non-hydrogen) atoms. The zero-order valence-electron chi connectivity index (χ0n) is 23.7. The molecule has 10 heteroatoms. The lowest BCUT2D eigenvalue weighted by molar-refractivity contribution is -0.150. The zero-order valence-corrected chi connectivity index (χ0v) is 23.7. The number of hydrogen-bond donors (Lipinski definition) is 1. The summed E-state index contributed by atoms with van der Waals surface area (Å²) in [4.78, 5) is 68.4. The highest BCUT2D eigenvalue weighted by Gasteiger charge is 2.42. The Morgan fingerprint density at radius 3 is 2.07 bits per heavy atom. The normalized spacial score (nSPS) is 19.4. The van der Waals surface area contributed by atoms with Gasteiger partial charge in [0.25, 0.3) is 0 Å². The lowest BCUT2D eigenvalue weighted by Gasteiger charge is -2.31. The fourth-order valence-corrected chi connectivity index (χ4v) is 5.16. The Morgan fingerprint density at radius 2 is 1.44 bits per heavy atom. The van der Waals surface area contributed by atoms with Gasteiger partial charge in [0, 0.05) is 19.5 Å². The molecule has 2 heterocycles. The Hall–Kier alpha value is -4.21. The molecule has 0 unspecified atom stereocenters. The van der Waals surface area contributed by atoms with Crippen molar-refractivity contribution >= 4 is 29.8 Å². The Balaban J connectivity index is 1.50. The molecule has 0 aromatic heterocycles. The molecule has 2 aromatic rings. The minimum Gasteiger partial charge on any atom is -0.444 e. The van der Waals surface area contributed by atoms with E-state index in [2.05, 4.69) is 5.32 Å². The lowest BCUT2D eigenvalue weighted by atomic mass is 10.0. The first-order valence-electron chi connectivity index (χ1n) is 14.0. The number of carbonyl (C=O) groups is 5. The first-order chi connectivity index (χ1) is 19.5. The minimum absolute atomic E-state index is 0.186. The van der Waals surface area contributed by atoms with Crippen LogP contribution < -0.4 is 5.32 Å². The molecular formula is C31H37N3O7. The molecule has 2 fully saturated rings. The number of hydrogen-bond acceptors (Lipinski definition) is 7. The molecule has 2 aliphatic heterocycles. The maximum Gasteiger partial charge on any atom is 0.410 e. The third-order valence-electron chi connectivity index (χ3n) is 7.09. The Morgan fingerprint density at radius 1 is 0.854 bits per heavy atom. The molecule has 0 saturated carbocycles. The summed E-state index contributed by atoms with van der Waals surface area (Å²) in [5.41, 5.74) is 0.338. The summed E-state index contributed by atoms with van der Waals surface area (Å²) in [6, 6.07) is 14.7. The average molecular weight is 564 g/mol. The van der Waals surface area contributed by atoms with Gasteiger partial charge in [0.2, 0.25) is 11.8 Å². The molecule has 2 aliphatic rings. The van der Waals surface area contributed by atoms with Crippen molar-refractivity contribution in [2.75, 3.05) is 13.1 Å². The number of likely N-dealkylation sites (tertiary alicyclic amines) is 2. The first kappa shape index (κ1) is 29.8. The Bertz CT molecular complexity index is 1260. The predicted molar refractivity (Wildman–Crippen MR) is 150 cm³/mol. The summed E-state index contributed by atoms with van der Waals surface area (Å²) in [5.74, 6) is -2.50. The van der Waals surface area contributed by atoms with Gasteiger partial charge in [-0.15, -0.1) is 0 Å². The van der Waals surface area contributed by atoms with E-state index in [1.165, 1.54) is 9.80 Å². The van der Waals surface area contributed by atoms with Crippen molar-refractivity contribution in [3.63, 3.8) is 0 Å². The smallest absolute Gasteiger partial charge is 0.410 e. The molecule has 4 rings (SSSR count). The van der Waals surface area contributed by atoms with E-state index >= 15 is 0 Å². The molecule has 0 bridgehead atoms. The summed E-state index contributed by atoms with van der Waals surface area (Å²) in [6.07, 6.45) is 1.57. The third kappa shape index (κ3) is 7.71. The van der Waals surface area contributed by atoms with Gasteiger partial charge >= 0.3 is 18.0 Å². The number of ether oxygens (including phenoxy) is 2. The van der Waals surface area contributed by atoms with E-state index in [4.69, 9.17) is 9.47 Å². The van der Waals surface area contributed by atoms with Crippen LogP contribution in [-0.2, 0) is 30.3 Å². The third-order valence-corrected chi connectivity index (χ3v) is 7.09. The number of esters is 2. The number of rotatable bonds is 7. The van der Waals surface area contributed by atoms with Crippen LogP contribution in [0.25, 0.3) is 0 Å². The van der Waals surface area contributed by atoms with Gasteiger partial charge in [-0.2, -0.15) is 0 Å². The van der Waals surface area contributed by atoms with Gasteiger partial charge in [0.1, 0.15) is 23.7 Å². The molecule has 0 spiro atoms. The van der Waals surface area contributed by atoms with Crippen molar-refractivity contribution in [2.45, 2.75) is 76.6 Å². The standard InChI is InChI=1S/C31H37N3O7/c1-31(2,3)41-30(39)34-19-10-16-24(34)26(35)32-23(20-21-12-6-4-7-13-21)27(36)33-18-11-17-25(33)29(38)40-28(37)22-14-8-5-9-15-22/h4-9,12-15,23-25H,10-11,16-20H2,1-3H3,(H,32,35)/t23-,24-,25-/m0/s1. The highest BCUT2D eigenvalue weighted by molar-refractivity contribution is 6.00. The molecule has 3 amide bonds. The van der Waals surface area contributed by atoms with E-state index in [1.807, 2.05) is 30.3 Å². The second-order valence-electron chi connectivity index (χ2n) is 11.3. The van der Waals surface area contributed by atoms with Crippen LogP contribution in [0.15, 0.2) is 60.7 Å². The second kappa shape index (κ2) is 13.0. The summed E-state index contributed by atoms with van der Waals surface area (Å²) in [7, 11) is 0. The molecule has 2 saturated heterocycles. The maximum absolute atomic E-state index is 13.9. The number of amides is 3. The van der Waals surface area contributed by atoms with Gasteiger partial charge in [-0.1, -0.05) is 48.5 Å². The highest BCUT2D eigenvalue weighted by atomic mass is 16.6. The predicted octanol–water partition coefficient (Wildman–Crippen LogP) is 3.49. The van der Waals surface area contributed by atoms with Crippen molar-refractivity contribution in [3.8, 4) is 0 Å². The van der Waals surface area contributed by atoms with Gasteiger partial charge in [-0.3, -0.25) is 14.5 Å². The number of carbonyl (C=O) groups excluding carboxylic acids is 5. The Kier molecular flexibility index (Phi) is 9.42. The van der Waals surface area contributed by atoms with Crippen LogP contribution in [0.5, 0.6) is 0 Å². The fourth-order valence-electron chi connectivity index (χ4n) is 5.16. The molecule has 218 valence electrons. The van der Waals surface area contributed by atoms with E-state index in [1.54, 1.807) is 51.1 Å². The van der Waals surface area contributed by atoms with Crippen LogP contribution in [0.1, 0.15) is 62.4 Å². The van der Waals surface area contributed by atoms with E-state index < -0.39 is 53.6 Å². The monoisotopic (exact) mass is 563 g/mol. The Labute approximate surface area is 240 Å². The SMILES string of the molecule is CC(C)(C)OC(=O)N1CCC[C@H]1C(=O)N[C@@H](Cc1ccccc1)C(=O)N1CCC[C@H]1C(=O)OC(=O)c1ccccc1. The zero-order chi connectivity index (χ0) is 29.6. The maximum atomic E-state index is 13.9. The molecule has 2 aromatic carbocycles. The van der Waals surface area contributed by atoms with Crippen LogP contribution in [0.3, 0.4) is 0 Å². The van der Waals surface area contributed by atoms with E-state index in [-0.39, 0.29) is 18.5 Å². The van der Waals surface area contributed by atoms with Crippen molar-refractivity contribution in [2.24, 2.45) is 0 Å². The summed E-state index contributed by atoms with van der Waals surface area (Å²) in [5, 5.41) is 2.86. The lowest BCUT2D eigenvalue weighted by Crippen LogP contribution is -2.56. The topological polar surface area (TPSA) is 122 Å². The van der Waals surface area contributed by atoms with Gasteiger partial charge in [-0.25, -0.2) is 14.4 Å². The van der Waals surface area contributed by atoms with Crippen molar-refractivity contribution in [1.82, 2.24) is 15.1 Å².